The highest BCUT2D eigenvalue weighted by atomic mass is 35.5. The fourth-order valence-electron chi connectivity index (χ4n) is 1.41. The Morgan fingerprint density at radius 2 is 2.24 bits per heavy atom. The number of nitrogens with two attached hydrogens (primary N) is 1. The molecule has 2 rings (SSSR count). The number of amidine groups is 1. The van der Waals surface area contributed by atoms with Crippen LogP contribution in [0.25, 0.3) is 0 Å². The third-order valence-corrected chi connectivity index (χ3v) is 3.42. The third-order valence-electron chi connectivity index (χ3n) is 2.23. The fraction of sp³-hybridized carbons (Fsp3) is 0.300. The van der Waals surface area contributed by atoms with Crippen LogP contribution in [-0.4, -0.2) is 17.5 Å². The molecule has 1 aliphatic heterocycles. The number of hydrogen-bond acceptors (Lipinski definition) is 4. The van der Waals surface area contributed by atoms with E-state index in [1.807, 2.05) is 0 Å². The Morgan fingerprint density at radius 3 is 2.82 bits per heavy atom. The first-order chi connectivity index (χ1) is 7.98. The van der Waals surface area contributed by atoms with Gasteiger partial charge in [-0.2, -0.15) is 8.78 Å². The molecule has 0 aromatic heterocycles. The third kappa shape index (κ3) is 2.88. The quantitative estimate of drug-likeness (QED) is 0.513. The summed E-state index contributed by atoms with van der Waals surface area (Å²) in [5, 5.41) is -1.47. The molecule has 0 radical (unpaired) electrons. The molecule has 0 saturated heterocycles. The normalized spacial score (nSPS) is 15.9. The number of rotatable bonds is 2. The number of halogens is 3. The van der Waals surface area contributed by atoms with Crippen molar-refractivity contribution in [3.05, 3.63) is 29.8 Å². The van der Waals surface area contributed by atoms with Crippen LogP contribution >= 0.6 is 23.4 Å². The van der Waals surface area contributed by atoms with Crippen LogP contribution in [0.15, 0.2) is 29.3 Å². The Balaban J connectivity index is 2.27. The summed E-state index contributed by atoms with van der Waals surface area (Å²) in [6.45, 7) is 0.694. The lowest BCUT2D eigenvalue weighted by molar-refractivity contribution is 0.0952. The van der Waals surface area contributed by atoms with E-state index in [9.17, 15) is 8.78 Å². The molecule has 1 aromatic carbocycles. The van der Waals surface area contributed by atoms with E-state index in [1.54, 1.807) is 6.07 Å². The van der Waals surface area contributed by atoms with Crippen molar-refractivity contribution in [3.63, 3.8) is 0 Å². The van der Waals surface area contributed by atoms with Gasteiger partial charge >= 0.3 is 5.38 Å². The topological polar surface area (TPSA) is 41.6 Å². The van der Waals surface area contributed by atoms with E-state index in [-0.39, 0.29) is 5.56 Å². The molecular formula is C10H10ClF2N3S. The van der Waals surface area contributed by atoms with Gasteiger partial charge in [-0.3, -0.25) is 10.0 Å². The van der Waals surface area contributed by atoms with Crippen LogP contribution in [0, 0.1) is 0 Å². The summed E-state index contributed by atoms with van der Waals surface area (Å²) in [6.07, 6.45) is 0. The van der Waals surface area contributed by atoms with Crippen molar-refractivity contribution in [1.82, 2.24) is 0 Å². The Hall–Kier alpha value is -0.850. The molecule has 1 aliphatic rings. The molecule has 0 bridgehead atoms. The van der Waals surface area contributed by atoms with Gasteiger partial charge in [0.05, 0.1) is 12.2 Å². The fourth-order valence-corrected chi connectivity index (χ4v) is 2.32. The number of anilines is 1. The highest BCUT2D eigenvalue weighted by Crippen LogP contribution is 2.34. The van der Waals surface area contributed by atoms with Crippen molar-refractivity contribution < 1.29 is 8.78 Å². The van der Waals surface area contributed by atoms with E-state index in [4.69, 9.17) is 17.4 Å². The van der Waals surface area contributed by atoms with E-state index in [2.05, 4.69) is 4.99 Å². The number of aliphatic imine (C=N–C) groups is 1. The molecule has 17 heavy (non-hydrogen) atoms. The molecule has 1 heterocycles. The number of hydrogen-bond donors (Lipinski definition) is 1. The maximum Gasteiger partial charge on any atom is 0.348 e. The van der Waals surface area contributed by atoms with Gasteiger partial charge in [-0.15, -0.1) is 0 Å². The minimum atomic E-state index is -3.39. The van der Waals surface area contributed by atoms with Gasteiger partial charge in [0.1, 0.15) is 0 Å². The van der Waals surface area contributed by atoms with Crippen LogP contribution in [0.1, 0.15) is 5.56 Å². The zero-order chi connectivity index (χ0) is 12.5. The largest absolute Gasteiger partial charge is 0.348 e. The summed E-state index contributed by atoms with van der Waals surface area (Å²) in [5.41, 5.74) is 0.159. The van der Waals surface area contributed by atoms with Crippen LogP contribution < -0.4 is 10.9 Å². The van der Waals surface area contributed by atoms with Crippen molar-refractivity contribution in [2.75, 3.05) is 17.3 Å². The maximum atomic E-state index is 12.9. The zero-order valence-electron chi connectivity index (χ0n) is 8.74. The average molecular weight is 278 g/mol. The molecule has 0 amide bonds. The number of nitrogens with zero attached hydrogens (tertiary/aromatic N) is 2. The van der Waals surface area contributed by atoms with Gasteiger partial charge in [-0.05, 0) is 23.7 Å². The first-order valence-electron chi connectivity index (χ1n) is 4.88. The van der Waals surface area contributed by atoms with Crippen molar-refractivity contribution in [3.8, 4) is 0 Å². The van der Waals surface area contributed by atoms with Gasteiger partial charge in [0.15, 0.2) is 5.17 Å². The molecule has 3 nitrogen and oxygen atoms in total. The van der Waals surface area contributed by atoms with Gasteiger partial charge in [0.25, 0.3) is 0 Å². The summed E-state index contributed by atoms with van der Waals surface area (Å²) in [7, 11) is 0. The lowest BCUT2D eigenvalue weighted by atomic mass is 10.2. The van der Waals surface area contributed by atoms with Crippen LogP contribution in [0.2, 0.25) is 0 Å². The van der Waals surface area contributed by atoms with Gasteiger partial charge < -0.3 is 0 Å². The number of benzene rings is 1. The van der Waals surface area contributed by atoms with E-state index < -0.39 is 5.38 Å². The Labute approximate surface area is 107 Å². The summed E-state index contributed by atoms with van der Waals surface area (Å²) >= 11 is 6.46. The smallest absolute Gasteiger partial charge is 0.260 e. The second kappa shape index (κ2) is 4.80. The number of hydrazine groups is 1. The molecule has 0 fully saturated rings. The van der Waals surface area contributed by atoms with Crippen molar-refractivity contribution >= 4 is 34.2 Å². The standard InChI is InChI=1S/C10H10ClF2N3S/c11-10(12,13)7-2-1-3-8(6-7)16(14)9-15-4-5-17-9/h1-3,6H,4-5,14H2. The second-order valence-electron chi connectivity index (χ2n) is 3.43. The Bertz CT molecular complexity index is 447. The molecule has 0 saturated carbocycles. The second-order valence-corrected chi connectivity index (χ2v) is 4.97. The minimum Gasteiger partial charge on any atom is -0.260 e. The Morgan fingerprint density at radius 1 is 1.47 bits per heavy atom. The van der Waals surface area contributed by atoms with Crippen LogP contribution in [-0.2, 0) is 5.38 Å². The molecule has 7 heteroatoms. The monoisotopic (exact) mass is 277 g/mol. The minimum absolute atomic E-state index is 0.282. The molecule has 0 aliphatic carbocycles. The van der Waals surface area contributed by atoms with Gasteiger partial charge in [0, 0.05) is 11.3 Å². The van der Waals surface area contributed by atoms with Crippen LogP contribution in [0.3, 0.4) is 0 Å². The van der Waals surface area contributed by atoms with Crippen molar-refractivity contribution in [2.24, 2.45) is 10.8 Å². The lowest BCUT2D eigenvalue weighted by Gasteiger charge is -2.19. The van der Waals surface area contributed by atoms with E-state index >= 15 is 0 Å². The van der Waals surface area contributed by atoms with Crippen molar-refractivity contribution in [1.29, 1.82) is 0 Å². The summed E-state index contributed by atoms with van der Waals surface area (Å²) < 4.78 is 25.9. The zero-order valence-corrected chi connectivity index (χ0v) is 10.3. The molecule has 1 aromatic rings. The number of thioether (sulfide) groups is 1. The average Bonchev–Trinajstić information content (AvgIpc) is 2.80. The SMILES string of the molecule is NN(C1=NCCS1)c1cccc(C(F)(F)Cl)c1. The summed E-state index contributed by atoms with van der Waals surface area (Å²) in [6, 6.07) is 5.64. The predicted octanol–water partition coefficient (Wildman–Crippen LogP) is 2.76. The van der Waals surface area contributed by atoms with Crippen LogP contribution in [0.5, 0.6) is 0 Å². The van der Waals surface area contributed by atoms with Crippen molar-refractivity contribution in [2.45, 2.75) is 5.38 Å². The van der Waals surface area contributed by atoms with Gasteiger partial charge in [-0.25, -0.2) is 5.84 Å². The number of alkyl halides is 3. The summed E-state index contributed by atoms with van der Waals surface area (Å²) in [5.74, 6) is 6.66. The molecule has 0 spiro atoms. The van der Waals surface area contributed by atoms with E-state index in [1.165, 1.54) is 35.0 Å². The molecule has 2 N–H and O–H groups in total. The lowest BCUT2D eigenvalue weighted by Crippen LogP contribution is -2.34. The molecule has 92 valence electrons. The van der Waals surface area contributed by atoms with Crippen LogP contribution in [0.4, 0.5) is 14.5 Å². The predicted molar refractivity (Wildman–Crippen MR) is 67.6 cm³/mol. The van der Waals surface area contributed by atoms with E-state index in [0.29, 0.717) is 17.4 Å². The maximum absolute atomic E-state index is 12.9. The Kier molecular flexibility index (Phi) is 3.56. The van der Waals surface area contributed by atoms with E-state index in [0.717, 1.165) is 5.75 Å². The van der Waals surface area contributed by atoms with Gasteiger partial charge in [-0.1, -0.05) is 23.9 Å². The molecule has 0 unspecified atom stereocenters. The summed E-state index contributed by atoms with van der Waals surface area (Å²) in [4.78, 5) is 4.16. The molecule has 0 atom stereocenters. The first-order valence-corrected chi connectivity index (χ1v) is 6.24. The highest BCUT2D eigenvalue weighted by molar-refractivity contribution is 8.14. The first kappa shape index (κ1) is 12.6. The van der Waals surface area contributed by atoms with Gasteiger partial charge in [0.2, 0.25) is 0 Å². The molecular weight excluding hydrogens is 268 g/mol. The highest BCUT2D eigenvalue weighted by Gasteiger charge is 2.28.